The lowest BCUT2D eigenvalue weighted by molar-refractivity contribution is 0.0689. The van der Waals surface area contributed by atoms with Gasteiger partial charge in [0.15, 0.2) is 5.69 Å². The molecular weight excluding hydrogens is 284 g/mol. The first-order chi connectivity index (χ1) is 9.34. The van der Waals surface area contributed by atoms with E-state index in [1.54, 1.807) is 0 Å². The van der Waals surface area contributed by atoms with Gasteiger partial charge in [-0.05, 0) is 19.3 Å². The first-order valence-corrected chi connectivity index (χ1v) is 8.36. The van der Waals surface area contributed by atoms with Crippen LogP contribution in [0.2, 0.25) is 0 Å². The molecule has 0 spiro atoms. The summed E-state index contributed by atoms with van der Waals surface area (Å²) in [5.74, 6) is -1.17. The van der Waals surface area contributed by atoms with E-state index >= 15 is 0 Å². The smallest absolute Gasteiger partial charge is 0.358 e. The molecular formula is C11H18N4O4S. The molecule has 2 atom stereocenters. The Morgan fingerprint density at radius 3 is 2.75 bits per heavy atom. The van der Waals surface area contributed by atoms with Gasteiger partial charge in [-0.1, -0.05) is 11.6 Å². The van der Waals surface area contributed by atoms with Gasteiger partial charge in [-0.15, -0.1) is 5.10 Å². The second-order valence-corrected chi connectivity index (χ2v) is 7.44. The summed E-state index contributed by atoms with van der Waals surface area (Å²) in [4.78, 5) is 11.0. The lowest BCUT2D eigenvalue weighted by atomic mass is 9.95. The quantitative estimate of drug-likeness (QED) is 0.798. The number of carboxylic acid groups (broad SMARTS) is 1. The van der Waals surface area contributed by atoms with Crippen LogP contribution in [0.25, 0.3) is 0 Å². The third-order valence-corrected chi connectivity index (χ3v) is 5.38. The molecule has 0 aromatic carbocycles. The van der Waals surface area contributed by atoms with E-state index < -0.39 is 21.1 Å². The molecule has 1 saturated carbocycles. The van der Waals surface area contributed by atoms with Gasteiger partial charge in [-0.25, -0.2) is 17.9 Å². The summed E-state index contributed by atoms with van der Waals surface area (Å²) in [6.07, 6.45) is 3.80. The van der Waals surface area contributed by atoms with Gasteiger partial charge in [0.1, 0.15) is 9.84 Å². The zero-order chi connectivity index (χ0) is 14.9. The molecule has 1 fully saturated rings. The Morgan fingerprint density at radius 2 is 2.20 bits per heavy atom. The Morgan fingerprint density at radius 1 is 1.50 bits per heavy atom. The molecule has 0 radical (unpaired) electrons. The number of nitrogens with two attached hydrogens (primary N) is 1. The number of aromatic nitrogens is 3. The van der Waals surface area contributed by atoms with Crippen molar-refractivity contribution in [1.82, 2.24) is 15.0 Å². The lowest BCUT2D eigenvalue weighted by Gasteiger charge is -2.28. The number of rotatable bonds is 4. The van der Waals surface area contributed by atoms with E-state index in [1.165, 1.54) is 10.9 Å². The third kappa shape index (κ3) is 2.83. The third-order valence-electron chi connectivity index (χ3n) is 3.74. The minimum Gasteiger partial charge on any atom is -0.476 e. The molecule has 112 valence electrons. The average molecular weight is 302 g/mol. The maximum absolute atomic E-state index is 11.7. The normalized spacial score (nSPS) is 23.7. The van der Waals surface area contributed by atoms with Crippen LogP contribution in [0.1, 0.15) is 47.9 Å². The van der Waals surface area contributed by atoms with E-state index in [2.05, 4.69) is 10.3 Å². The Hall–Kier alpha value is -1.48. The van der Waals surface area contributed by atoms with Crippen molar-refractivity contribution in [3.8, 4) is 0 Å². The number of hydrogen-bond acceptors (Lipinski definition) is 6. The summed E-state index contributed by atoms with van der Waals surface area (Å²) >= 11 is 0. The largest absolute Gasteiger partial charge is 0.476 e. The highest BCUT2D eigenvalue weighted by Gasteiger charge is 2.32. The molecule has 8 nitrogen and oxygen atoms in total. The molecule has 3 N–H and O–H groups in total. The predicted octanol–water partition coefficient (Wildman–Crippen LogP) is -0.0367. The van der Waals surface area contributed by atoms with Gasteiger partial charge in [0.05, 0.1) is 17.0 Å². The van der Waals surface area contributed by atoms with Gasteiger partial charge in [0, 0.05) is 12.8 Å². The molecule has 1 heterocycles. The van der Waals surface area contributed by atoms with Crippen molar-refractivity contribution in [3.05, 3.63) is 11.4 Å². The van der Waals surface area contributed by atoms with Gasteiger partial charge in [0.2, 0.25) is 0 Å². The Bertz CT molecular complexity index is 610. The van der Waals surface area contributed by atoms with E-state index in [0.717, 1.165) is 12.8 Å². The van der Waals surface area contributed by atoms with Gasteiger partial charge in [0.25, 0.3) is 0 Å². The molecule has 0 saturated heterocycles. The van der Waals surface area contributed by atoms with Crippen LogP contribution in [0.4, 0.5) is 0 Å². The summed E-state index contributed by atoms with van der Waals surface area (Å²) in [6.45, 7) is 0.00861. The molecule has 1 aliphatic rings. The van der Waals surface area contributed by atoms with Crippen LogP contribution < -0.4 is 5.73 Å². The fourth-order valence-corrected chi connectivity index (χ4v) is 3.86. The highest BCUT2D eigenvalue weighted by molar-refractivity contribution is 7.91. The second kappa shape index (κ2) is 5.49. The number of aromatic carboxylic acids is 1. The van der Waals surface area contributed by atoms with Crippen LogP contribution in [0.3, 0.4) is 0 Å². The number of nitrogens with zero attached hydrogens (tertiary/aromatic N) is 3. The average Bonchev–Trinajstić information content (AvgIpc) is 2.81. The Balaban J connectivity index is 2.30. The van der Waals surface area contributed by atoms with E-state index in [9.17, 15) is 13.2 Å². The van der Waals surface area contributed by atoms with Gasteiger partial charge in [-0.3, -0.25) is 0 Å². The maximum Gasteiger partial charge on any atom is 0.358 e. The zero-order valence-corrected chi connectivity index (χ0v) is 12.0. The van der Waals surface area contributed by atoms with Crippen molar-refractivity contribution >= 4 is 15.8 Å². The van der Waals surface area contributed by atoms with Crippen molar-refractivity contribution in [2.24, 2.45) is 5.73 Å². The van der Waals surface area contributed by atoms with Crippen molar-refractivity contribution in [2.45, 2.75) is 43.5 Å². The van der Waals surface area contributed by atoms with Crippen LogP contribution in [0.15, 0.2) is 0 Å². The van der Waals surface area contributed by atoms with Crippen molar-refractivity contribution in [3.63, 3.8) is 0 Å². The zero-order valence-electron chi connectivity index (χ0n) is 11.2. The summed E-state index contributed by atoms with van der Waals surface area (Å²) in [5, 5.41) is 16.1. The number of carboxylic acids is 1. The van der Waals surface area contributed by atoms with Crippen LogP contribution in [0, 0.1) is 0 Å². The second-order valence-electron chi connectivity index (χ2n) is 5.11. The summed E-state index contributed by atoms with van der Waals surface area (Å²) < 4.78 is 24.8. The fourth-order valence-electron chi connectivity index (χ4n) is 2.69. The number of sulfone groups is 1. The molecule has 0 aliphatic heterocycles. The van der Waals surface area contributed by atoms with Crippen molar-refractivity contribution < 1.29 is 18.3 Å². The summed E-state index contributed by atoms with van der Waals surface area (Å²) in [7, 11) is -3.10. The number of carbonyl (C=O) groups is 1. The van der Waals surface area contributed by atoms with E-state index in [0.29, 0.717) is 18.5 Å². The Kier molecular flexibility index (Phi) is 4.09. The minimum absolute atomic E-state index is 0.00861. The Labute approximate surface area is 116 Å². The molecule has 2 rings (SSSR count). The first kappa shape index (κ1) is 14.9. The standard InChI is InChI=1S/C11H18N4O4S/c1-20(18,19)8-4-2-3-7(5-8)15-9(6-12)10(11(16)17)13-14-15/h7-8H,2-6,12H2,1H3,(H,16,17). The molecule has 0 bridgehead atoms. The molecule has 1 aromatic heterocycles. The van der Waals surface area contributed by atoms with E-state index in [-0.39, 0.29) is 18.3 Å². The van der Waals surface area contributed by atoms with Gasteiger partial charge >= 0.3 is 5.97 Å². The lowest BCUT2D eigenvalue weighted by Crippen LogP contribution is -2.30. The molecule has 20 heavy (non-hydrogen) atoms. The van der Waals surface area contributed by atoms with Crippen LogP contribution in [-0.4, -0.2) is 46.0 Å². The monoisotopic (exact) mass is 302 g/mol. The highest BCUT2D eigenvalue weighted by atomic mass is 32.2. The van der Waals surface area contributed by atoms with Crippen LogP contribution >= 0.6 is 0 Å². The minimum atomic E-state index is -3.10. The van der Waals surface area contributed by atoms with Crippen LogP contribution in [-0.2, 0) is 16.4 Å². The fraction of sp³-hybridized carbons (Fsp3) is 0.727. The van der Waals surface area contributed by atoms with E-state index in [1.807, 2.05) is 0 Å². The van der Waals surface area contributed by atoms with Crippen molar-refractivity contribution in [1.29, 1.82) is 0 Å². The predicted molar refractivity (Wildman–Crippen MR) is 71.0 cm³/mol. The molecule has 9 heteroatoms. The highest BCUT2D eigenvalue weighted by Crippen LogP contribution is 2.32. The summed E-state index contributed by atoms with van der Waals surface area (Å²) in [5.41, 5.74) is 5.76. The van der Waals surface area contributed by atoms with E-state index in [4.69, 9.17) is 10.8 Å². The van der Waals surface area contributed by atoms with Gasteiger partial charge in [-0.2, -0.15) is 0 Å². The first-order valence-electron chi connectivity index (χ1n) is 6.41. The van der Waals surface area contributed by atoms with Gasteiger partial charge < -0.3 is 10.8 Å². The molecule has 2 unspecified atom stereocenters. The topological polar surface area (TPSA) is 128 Å². The SMILES string of the molecule is CS(=O)(=O)C1CCCC(n2nnc(C(=O)O)c2CN)C1. The number of hydrogen-bond donors (Lipinski definition) is 2. The summed E-state index contributed by atoms with van der Waals surface area (Å²) in [6, 6.07) is -0.164. The maximum atomic E-state index is 11.7. The molecule has 1 aromatic rings. The van der Waals surface area contributed by atoms with Crippen LogP contribution in [0.5, 0.6) is 0 Å². The molecule has 0 amide bonds. The van der Waals surface area contributed by atoms with Crippen molar-refractivity contribution in [2.75, 3.05) is 6.26 Å². The molecule has 1 aliphatic carbocycles.